The molecule has 0 spiro atoms. The third-order valence-corrected chi connectivity index (χ3v) is 3.95. The van der Waals surface area contributed by atoms with Crippen LogP contribution in [0.5, 0.6) is 0 Å². The summed E-state index contributed by atoms with van der Waals surface area (Å²) in [4.78, 5) is 18.4. The second-order valence-electron chi connectivity index (χ2n) is 5.88. The monoisotopic (exact) mass is 261 g/mol. The average molecular weight is 261 g/mol. The molecule has 0 aliphatic heterocycles. The van der Waals surface area contributed by atoms with Gasteiger partial charge in [-0.05, 0) is 30.4 Å². The van der Waals surface area contributed by atoms with E-state index >= 15 is 0 Å². The van der Waals surface area contributed by atoms with Gasteiger partial charge in [-0.2, -0.15) is 0 Å². The summed E-state index contributed by atoms with van der Waals surface area (Å²) < 4.78 is 0. The molecular weight excluding hydrogens is 238 g/mol. The first-order valence-electron chi connectivity index (χ1n) is 6.94. The van der Waals surface area contributed by atoms with Crippen LogP contribution in [0.15, 0.2) is 24.5 Å². The number of carbonyl (C=O) groups is 1. The Hall–Kier alpha value is -1.42. The first kappa shape index (κ1) is 14.0. The minimum Gasteiger partial charge on any atom is -0.340 e. The first-order chi connectivity index (χ1) is 9.01. The molecule has 0 radical (unpaired) electrons. The van der Waals surface area contributed by atoms with E-state index in [0.29, 0.717) is 12.5 Å². The molecule has 1 amide bonds. The van der Waals surface area contributed by atoms with E-state index < -0.39 is 5.54 Å². The fourth-order valence-corrected chi connectivity index (χ4v) is 3.00. The number of likely N-dealkylation sites (N-methyl/N-ethyl adjacent to an activating group) is 1. The molecule has 1 aromatic heterocycles. The van der Waals surface area contributed by atoms with E-state index in [4.69, 9.17) is 5.73 Å². The highest BCUT2D eigenvalue weighted by Gasteiger charge is 2.39. The Morgan fingerprint density at radius 3 is 3.05 bits per heavy atom. The molecule has 0 bridgehead atoms. The highest BCUT2D eigenvalue weighted by molar-refractivity contribution is 5.86. The number of hydrogen-bond donors (Lipinski definition) is 1. The topological polar surface area (TPSA) is 59.2 Å². The molecule has 4 heteroatoms. The van der Waals surface area contributed by atoms with Crippen LogP contribution in [0.3, 0.4) is 0 Å². The zero-order chi connectivity index (χ0) is 13.9. The zero-order valence-corrected chi connectivity index (χ0v) is 11.8. The Bertz CT molecular complexity index is 434. The quantitative estimate of drug-likeness (QED) is 0.904. The second kappa shape index (κ2) is 5.70. The lowest BCUT2D eigenvalue weighted by molar-refractivity contribution is -0.138. The predicted molar refractivity (Wildman–Crippen MR) is 75.3 cm³/mol. The summed E-state index contributed by atoms with van der Waals surface area (Å²) in [5, 5.41) is 0. The normalized spacial score (nSPS) is 27.0. The molecule has 1 aromatic rings. The largest absolute Gasteiger partial charge is 0.340 e. The van der Waals surface area contributed by atoms with Gasteiger partial charge in [0.25, 0.3) is 0 Å². The number of nitrogens with zero attached hydrogens (tertiary/aromatic N) is 2. The molecule has 2 rings (SSSR count). The summed E-state index contributed by atoms with van der Waals surface area (Å²) in [6.45, 7) is 2.75. The number of pyridine rings is 1. The Morgan fingerprint density at radius 2 is 2.42 bits per heavy atom. The highest BCUT2D eigenvalue weighted by Crippen LogP contribution is 2.31. The van der Waals surface area contributed by atoms with E-state index in [1.165, 1.54) is 6.42 Å². The van der Waals surface area contributed by atoms with Gasteiger partial charge in [0.05, 0.1) is 5.54 Å². The fourth-order valence-electron chi connectivity index (χ4n) is 3.00. The molecule has 1 heterocycles. The second-order valence-corrected chi connectivity index (χ2v) is 5.88. The van der Waals surface area contributed by atoms with Crippen LogP contribution in [0.1, 0.15) is 38.2 Å². The molecule has 0 aromatic carbocycles. The van der Waals surface area contributed by atoms with E-state index in [2.05, 4.69) is 11.9 Å². The molecule has 0 saturated heterocycles. The number of hydrogen-bond acceptors (Lipinski definition) is 3. The standard InChI is InChI=1S/C15H23N3O/c1-12-5-3-7-15(16,9-12)14(19)18(2)11-13-6-4-8-17-10-13/h4,6,8,10,12H,3,5,7,9,11,16H2,1-2H3. The Kier molecular flexibility index (Phi) is 4.20. The highest BCUT2D eigenvalue weighted by atomic mass is 16.2. The third-order valence-electron chi connectivity index (χ3n) is 3.95. The Balaban J connectivity index is 2.02. The summed E-state index contributed by atoms with van der Waals surface area (Å²) in [6, 6.07) is 3.86. The number of aromatic nitrogens is 1. The third kappa shape index (κ3) is 3.32. The fraction of sp³-hybridized carbons (Fsp3) is 0.600. The minimum absolute atomic E-state index is 0.0582. The van der Waals surface area contributed by atoms with Gasteiger partial charge < -0.3 is 10.6 Å². The molecule has 19 heavy (non-hydrogen) atoms. The molecule has 104 valence electrons. The van der Waals surface area contributed by atoms with Gasteiger partial charge in [0.1, 0.15) is 0 Å². The Morgan fingerprint density at radius 1 is 1.63 bits per heavy atom. The maximum atomic E-state index is 12.6. The maximum Gasteiger partial charge on any atom is 0.242 e. The van der Waals surface area contributed by atoms with E-state index in [-0.39, 0.29) is 5.91 Å². The van der Waals surface area contributed by atoms with Crippen LogP contribution in [-0.4, -0.2) is 28.4 Å². The molecule has 2 atom stereocenters. The van der Waals surface area contributed by atoms with E-state index in [1.54, 1.807) is 17.3 Å². The first-order valence-corrected chi connectivity index (χ1v) is 6.94. The molecular formula is C15H23N3O. The summed E-state index contributed by atoms with van der Waals surface area (Å²) in [7, 11) is 1.82. The number of nitrogens with two attached hydrogens (primary N) is 1. The van der Waals surface area contributed by atoms with Gasteiger partial charge in [-0.1, -0.05) is 25.8 Å². The van der Waals surface area contributed by atoms with Crippen LogP contribution < -0.4 is 5.73 Å². The van der Waals surface area contributed by atoms with Crippen molar-refractivity contribution in [3.05, 3.63) is 30.1 Å². The van der Waals surface area contributed by atoms with Crippen LogP contribution in [0.2, 0.25) is 0 Å². The summed E-state index contributed by atoms with van der Waals surface area (Å²) in [5.41, 5.74) is 6.70. The van der Waals surface area contributed by atoms with Gasteiger partial charge in [0.15, 0.2) is 0 Å². The van der Waals surface area contributed by atoms with Gasteiger partial charge in [-0.15, -0.1) is 0 Å². The number of rotatable bonds is 3. The number of carbonyl (C=O) groups excluding carboxylic acids is 1. The predicted octanol–water partition coefficient (Wildman–Crippen LogP) is 1.95. The number of amides is 1. The lowest BCUT2D eigenvalue weighted by Crippen LogP contribution is -2.56. The minimum atomic E-state index is -0.672. The van der Waals surface area contributed by atoms with Crippen LogP contribution in [-0.2, 0) is 11.3 Å². The van der Waals surface area contributed by atoms with Gasteiger partial charge in [-0.3, -0.25) is 9.78 Å². The van der Waals surface area contributed by atoms with Crippen molar-refractivity contribution in [1.82, 2.24) is 9.88 Å². The molecule has 1 fully saturated rings. The Labute approximate surface area is 115 Å². The summed E-state index contributed by atoms with van der Waals surface area (Å²) in [5.74, 6) is 0.595. The van der Waals surface area contributed by atoms with Crippen molar-refractivity contribution in [2.24, 2.45) is 11.7 Å². The van der Waals surface area contributed by atoms with Crippen LogP contribution in [0.4, 0.5) is 0 Å². The van der Waals surface area contributed by atoms with Crippen molar-refractivity contribution in [3.8, 4) is 0 Å². The van der Waals surface area contributed by atoms with Crippen molar-refractivity contribution in [2.75, 3.05) is 7.05 Å². The summed E-state index contributed by atoms with van der Waals surface area (Å²) >= 11 is 0. The van der Waals surface area contributed by atoms with Gasteiger partial charge >= 0.3 is 0 Å². The van der Waals surface area contributed by atoms with E-state index in [1.807, 2.05) is 19.2 Å². The van der Waals surface area contributed by atoms with Crippen LogP contribution in [0.25, 0.3) is 0 Å². The average Bonchev–Trinajstić information content (AvgIpc) is 2.38. The smallest absolute Gasteiger partial charge is 0.242 e. The van der Waals surface area contributed by atoms with Crippen molar-refractivity contribution < 1.29 is 4.79 Å². The van der Waals surface area contributed by atoms with Crippen LogP contribution in [0, 0.1) is 5.92 Å². The van der Waals surface area contributed by atoms with Gasteiger partial charge in [-0.25, -0.2) is 0 Å². The molecule has 2 N–H and O–H groups in total. The van der Waals surface area contributed by atoms with Gasteiger partial charge in [0.2, 0.25) is 5.91 Å². The van der Waals surface area contributed by atoms with Crippen LogP contribution >= 0.6 is 0 Å². The molecule has 1 aliphatic carbocycles. The molecule has 1 aliphatic rings. The van der Waals surface area contributed by atoms with Crippen molar-refractivity contribution >= 4 is 5.91 Å². The molecule has 2 unspecified atom stereocenters. The lowest BCUT2D eigenvalue weighted by Gasteiger charge is -2.38. The van der Waals surface area contributed by atoms with Crippen molar-refractivity contribution in [1.29, 1.82) is 0 Å². The summed E-state index contributed by atoms with van der Waals surface area (Å²) in [6.07, 6.45) is 7.34. The van der Waals surface area contributed by atoms with Gasteiger partial charge in [0, 0.05) is 26.0 Å². The lowest BCUT2D eigenvalue weighted by atomic mass is 9.76. The van der Waals surface area contributed by atoms with E-state index in [9.17, 15) is 4.79 Å². The molecule has 1 saturated carbocycles. The SMILES string of the molecule is CC1CCCC(N)(C(=O)N(C)Cc2cccnc2)C1. The molecule has 4 nitrogen and oxygen atoms in total. The maximum absolute atomic E-state index is 12.6. The van der Waals surface area contributed by atoms with E-state index in [0.717, 1.165) is 24.8 Å². The van der Waals surface area contributed by atoms with Crippen molar-refractivity contribution in [2.45, 2.75) is 44.7 Å². The zero-order valence-electron chi connectivity index (χ0n) is 11.8. The van der Waals surface area contributed by atoms with Crippen molar-refractivity contribution in [3.63, 3.8) is 0 Å².